The van der Waals surface area contributed by atoms with E-state index in [1.165, 1.54) is 6.07 Å². The van der Waals surface area contributed by atoms with E-state index >= 15 is 0 Å². The van der Waals surface area contributed by atoms with E-state index in [9.17, 15) is 4.79 Å². The molecule has 6 heteroatoms. The molecule has 0 saturated heterocycles. The van der Waals surface area contributed by atoms with Gasteiger partial charge in [-0.2, -0.15) is 5.10 Å². The van der Waals surface area contributed by atoms with Gasteiger partial charge >= 0.3 is 5.97 Å². The lowest BCUT2D eigenvalue weighted by molar-refractivity contribution is 0.0698. The molecule has 5 nitrogen and oxygen atoms in total. The van der Waals surface area contributed by atoms with Gasteiger partial charge in [0.2, 0.25) is 0 Å². The molecule has 2 aromatic rings. The average Bonchev–Trinajstić information content (AvgIpc) is 2.84. The Morgan fingerprint density at radius 1 is 1.50 bits per heavy atom. The predicted octanol–water partition coefficient (Wildman–Crippen LogP) is 2.35. The third kappa shape index (κ3) is 3.01. The Bertz CT molecular complexity index is 540. The van der Waals surface area contributed by atoms with Crippen molar-refractivity contribution in [3.8, 4) is 0 Å². The molecule has 0 saturated carbocycles. The van der Waals surface area contributed by atoms with E-state index in [2.05, 4.69) is 10.4 Å². The van der Waals surface area contributed by atoms with Gasteiger partial charge in [0.25, 0.3) is 0 Å². The summed E-state index contributed by atoms with van der Waals surface area (Å²) in [4.78, 5) is 11.0. The summed E-state index contributed by atoms with van der Waals surface area (Å²) in [5.41, 5.74) is 0.724. The molecule has 2 N–H and O–H groups in total. The molecule has 0 atom stereocenters. The SMILES string of the molecule is O=C(O)c1cc(Cl)ccc1NCCn1cccn1. The maximum absolute atomic E-state index is 11.0. The highest BCUT2D eigenvalue weighted by molar-refractivity contribution is 6.31. The summed E-state index contributed by atoms with van der Waals surface area (Å²) in [6, 6.07) is 6.59. The Kier molecular flexibility index (Phi) is 3.84. The standard InChI is InChI=1S/C12H12ClN3O2/c13-9-2-3-11(10(8-9)12(17)18)14-5-7-16-6-1-4-15-16/h1-4,6,8,14H,5,7H2,(H,17,18). The second kappa shape index (κ2) is 5.55. The highest BCUT2D eigenvalue weighted by Crippen LogP contribution is 2.20. The summed E-state index contributed by atoms with van der Waals surface area (Å²) in [6.45, 7) is 1.25. The van der Waals surface area contributed by atoms with Gasteiger partial charge in [-0.05, 0) is 24.3 Å². The van der Waals surface area contributed by atoms with Crippen LogP contribution in [0.5, 0.6) is 0 Å². The molecule has 1 heterocycles. The highest BCUT2D eigenvalue weighted by atomic mass is 35.5. The molecular weight excluding hydrogens is 254 g/mol. The van der Waals surface area contributed by atoms with Crippen molar-refractivity contribution in [1.29, 1.82) is 0 Å². The normalized spacial score (nSPS) is 10.3. The molecule has 0 aliphatic heterocycles. The van der Waals surface area contributed by atoms with Crippen LogP contribution in [0.2, 0.25) is 5.02 Å². The number of benzene rings is 1. The van der Waals surface area contributed by atoms with E-state index in [-0.39, 0.29) is 5.56 Å². The quantitative estimate of drug-likeness (QED) is 0.871. The first-order valence-electron chi connectivity index (χ1n) is 5.41. The van der Waals surface area contributed by atoms with Crippen LogP contribution in [0.3, 0.4) is 0 Å². The van der Waals surface area contributed by atoms with Crippen molar-refractivity contribution in [2.45, 2.75) is 6.54 Å². The van der Waals surface area contributed by atoms with Crippen LogP contribution in [-0.4, -0.2) is 27.4 Å². The fraction of sp³-hybridized carbons (Fsp3) is 0.167. The number of hydrogen-bond donors (Lipinski definition) is 2. The van der Waals surface area contributed by atoms with Crippen molar-refractivity contribution >= 4 is 23.3 Å². The number of anilines is 1. The second-order valence-corrected chi connectivity index (χ2v) is 4.13. The van der Waals surface area contributed by atoms with Crippen LogP contribution in [0, 0.1) is 0 Å². The molecule has 0 amide bonds. The lowest BCUT2D eigenvalue weighted by Crippen LogP contribution is -2.13. The van der Waals surface area contributed by atoms with Crippen LogP contribution in [0.15, 0.2) is 36.7 Å². The Balaban J connectivity index is 2.02. The van der Waals surface area contributed by atoms with Crippen molar-refractivity contribution in [2.24, 2.45) is 0 Å². The number of nitrogens with zero attached hydrogens (tertiary/aromatic N) is 2. The largest absolute Gasteiger partial charge is 0.478 e. The van der Waals surface area contributed by atoms with Crippen molar-refractivity contribution in [1.82, 2.24) is 9.78 Å². The first-order valence-corrected chi connectivity index (χ1v) is 5.79. The van der Waals surface area contributed by atoms with Gasteiger partial charge in [-0.3, -0.25) is 4.68 Å². The second-order valence-electron chi connectivity index (χ2n) is 3.69. The zero-order chi connectivity index (χ0) is 13.0. The number of nitrogens with one attached hydrogen (secondary N) is 1. The molecule has 0 aliphatic rings. The number of halogens is 1. The Hall–Kier alpha value is -2.01. The molecule has 18 heavy (non-hydrogen) atoms. The predicted molar refractivity (Wildman–Crippen MR) is 69.1 cm³/mol. The maximum Gasteiger partial charge on any atom is 0.337 e. The van der Waals surface area contributed by atoms with Crippen molar-refractivity contribution < 1.29 is 9.90 Å². The Morgan fingerprint density at radius 3 is 3.00 bits per heavy atom. The van der Waals surface area contributed by atoms with Crippen LogP contribution < -0.4 is 5.32 Å². The minimum atomic E-state index is -1.00. The first-order chi connectivity index (χ1) is 8.66. The molecule has 0 fully saturated rings. The topological polar surface area (TPSA) is 67.2 Å². The number of carboxylic acid groups (broad SMARTS) is 1. The van der Waals surface area contributed by atoms with Gasteiger partial charge in [0.15, 0.2) is 0 Å². The van der Waals surface area contributed by atoms with E-state index in [4.69, 9.17) is 16.7 Å². The summed E-state index contributed by atoms with van der Waals surface area (Å²) < 4.78 is 1.77. The summed E-state index contributed by atoms with van der Waals surface area (Å²) in [5.74, 6) is -1.00. The number of carboxylic acids is 1. The van der Waals surface area contributed by atoms with Gasteiger partial charge in [-0.15, -0.1) is 0 Å². The van der Waals surface area contributed by atoms with Gasteiger partial charge < -0.3 is 10.4 Å². The molecule has 0 unspecified atom stereocenters. The molecule has 0 aliphatic carbocycles. The Morgan fingerprint density at radius 2 is 2.33 bits per heavy atom. The van der Waals surface area contributed by atoms with Gasteiger partial charge in [-0.1, -0.05) is 11.6 Å². The molecule has 0 radical (unpaired) electrons. The number of aromatic carboxylic acids is 1. The van der Waals surface area contributed by atoms with Gasteiger partial charge in [0.1, 0.15) is 0 Å². The molecule has 0 spiro atoms. The molecule has 1 aromatic carbocycles. The third-order valence-corrected chi connectivity index (χ3v) is 2.66. The van der Waals surface area contributed by atoms with E-state index in [1.807, 2.05) is 12.3 Å². The van der Waals surface area contributed by atoms with Crippen LogP contribution in [0.1, 0.15) is 10.4 Å². The first kappa shape index (κ1) is 12.4. The van der Waals surface area contributed by atoms with Crippen molar-refractivity contribution in [2.75, 3.05) is 11.9 Å². The van der Waals surface area contributed by atoms with E-state index < -0.39 is 5.97 Å². The fourth-order valence-corrected chi connectivity index (χ4v) is 1.76. The molecular formula is C12H12ClN3O2. The smallest absolute Gasteiger partial charge is 0.337 e. The minimum Gasteiger partial charge on any atom is -0.478 e. The summed E-state index contributed by atoms with van der Waals surface area (Å²) in [5, 5.41) is 16.6. The monoisotopic (exact) mass is 265 g/mol. The van der Waals surface area contributed by atoms with Crippen LogP contribution >= 0.6 is 11.6 Å². The zero-order valence-electron chi connectivity index (χ0n) is 9.51. The van der Waals surface area contributed by atoms with Crippen LogP contribution in [0.25, 0.3) is 0 Å². The van der Waals surface area contributed by atoms with Crippen molar-refractivity contribution in [3.63, 3.8) is 0 Å². The van der Waals surface area contributed by atoms with Gasteiger partial charge in [0, 0.05) is 29.6 Å². The number of aromatic nitrogens is 2. The molecule has 0 bridgehead atoms. The van der Waals surface area contributed by atoms with E-state index in [0.29, 0.717) is 23.8 Å². The highest BCUT2D eigenvalue weighted by Gasteiger charge is 2.10. The molecule has 94 valence electrons. The lowest BCUT2D eigenvalue weighted by atomic mass is 10.2. The van der Waals surface area contributed by atoms with Gasteiger partial charge in [0.05, 0.1) is 12.1 Å². The Labute approximate surface area is 109 Å². The summed E-state index contributed by atoms with van der Waals surface area (Å²) >= 11 is 5.77. The lowest BCUT2D eigenvalue weighted by Gasteiger charge is -2.09. The zero-order valence-corrected chi connectivity index (χ0v) is 10.3. The van der Waals surface area contributed by atoms with Crippen LogP contribution in [0.4, 0.5) is 5.69 Å². The maximum atomic E-state index is 11.0. The van der Waals surface area contributed by atoms with E-state index in [0.717, 1.165) is 0 Å². The summed E-state index contributed by atoms with van der Waals surface area (Å²) in [6.07, 6.45) is 3.55. The molecule has 2 rings (SSSR count). The number of hydrogen-bond acceptors (Lipinski definition) is 3. The number of rotatable bonds is 5. The summed E-state index contributed by atoms with van der Waals surface area (Å²) in [7, 11) is 0. The minimum absolute atomic E-state index is 0.169. The number of carbonyl (C=O) groups is 1. The van der Waals surface area contributed by atoms with Gasteiger partial charge in [-0.25, -0.2) is 4.79 Å². The third-order valence-electron chi connectivity index (χ3n) is 2.43. The average molecular weight is 266 g/mol. The van der Waals surface area contributed by atoms with E-state index in [1.54, 1.807) is 23.0 Å². The fourth-order valence-electron chi connectivity index (χ4n) is 1.59. The molecule has 1 aromatic heterocycles. The van der Waals surface area contributed by atoms with Crippen molar-refractivity contribution in [3.05, 3.63) is 47.2 Å². The van der Waals surface area contributed by atoms with Crippen LogP contribution in [-0.2, 0) is 6.54 Å².